The summed E-state index contributed by atoms with van der Waals surface area (Å²) < 4.78 is 12.6. The lowest BCUT2D eigenvalue weighted by atomic mass is 10.2. The van der Waals surface area contributed by atoms with E-state index in [1.54, 1.807) is 12.1 Å². The molecule has 1 N–H and O–H groups in total. The Morgan fingerprint density at radius 1 is 1.24 bits per heavy atom. The maximum absolute atomic E-state index is 12.6. The van der Waals surface area contributed by atoms with Crippen LogP contribution in [0.5, 0.6) is 0 Å². The fourth-order valence-corrected chi connectivity index (χ4v) is 1.22. The average molecular weight is 232 g/mol. The van der Waals surface area contributed by atoms with Crippen molar-refractivity contribution in [3.05, 3.63) is 53.9 Å². The number of nitrogens with zero attached hydrogens (tertiary/aromatic N) is 3. The number of nitrogens with one attached hydrogen (secondary N) is 1. The summed E-state index contributed by atoms with van der Waals surface area (Å²) in [7, 11) is 0. The summed E-state index contributed by atoms with van der Waals surface area (Å²) in [5, 5.41) is 9.73. The van der Waals surface area contributed by atoms with Gasteiger partial charge in [-0.25, -0.2) is 9.37 Å². The van der Waals surface area contributed by atoms with Crippen LogP contribution in [-0.4, -0.2) is 21.1 Å². The molecule has 0 saturated heterocycles. The molecule has 0 saturated carbocycles. The topological polar surface area (TPSA) is 67.8 Å². The van der Waals surface area contributed by atoms with Crippen LogP contribution in [0.1, 0.15) is 16.2 Å². The summed E-state index contributed by atoms with van der Waals surface area (Å²) in [6, 6.07) is 5.86. The van der Waals surface area contributed by atoms with Crippen LogP contribution in [0.15, 0.2) is 36.7 Å². The van der Waals surface area contributed by atoms with E-state index in [1.807, 2.05) is 0 Å². The van der Waals surface area contributed by atoms with Crippen molar-refractivity contribution < 1.29 is 9.18 Å². The Hall–Kier alpha value is -2.37. The van der Waals surface area contributed by atoms with Crippen LogP contribution < -0.4 is 5.32 Å². The highest BCUT2D eigenvalue weighted by molar-refractivity contribution is 5.90. The van der Waals surface area contributed by atoms with Crippen LogP contribution in [-0.2, 0) is 6.54 Å². The van der Waals surface area contributed by atoms with Gasteiger partial charge in [0.15, 0.2) is 0 Å². The van der Waals surface area contributed by atoms with Crippen molar-refractivity contribution in [3.8, 4) is 0 Å². The van der Waals surface area contributed by atoms with Gasteiger partial charge in [0.25, 0.3) is 5.91 Å². The number of hydrogen-bond acceptors (Lipinski definition) is 4. The molecule has 86 valence electrons. The van der Waals surface area contributed by atoms with Gasteiger partial charge in [-0.15, -0.1) is 5.10 Å². The van der Waals surface area contributed by atoms with Crippen molar-refractivity contribution in [1.29, 1.82) is 0 Å². The number of carbonyl (C=O) groups is 1. The molecule has 1 heterocycles. The van der Waals surface area contributed by atoms with Crippen molar-refractivity contribution in [2.75, 3.05) is 0 Å². The Balaban J connectivity index is 1.95. The minimum Gasteiger partial charge on any atom is -0.345 e. The van der Waals surface area contributed by atoms with Crippen LogP contribution in [0.3, 0.4) is 0 Å². The highest BCUT2D eigenvalue weighted by atomic mass is 19.1. The average Bonchev–Trinajstić information content (AvgIpc) is 2.39. The van der Waals surface area contributed by atoms with Gasteiger partial charge < -0.3 is 5.32 Å². The molecule has 1 aromatic carbocycles. The van der Waals surface area contributed by atoms with Gasteiger partial charge >= 0.3 is 0 Å². The van der Waals surface area contributed by atoms with Crippen molar-refractivity contribution in [1.82, 2.24) is 20.5 Å². The molecule has 6 heteroatoms. The molecule has 0 atom stereocenters. The maximum Gasteiger partial charge on any atom is 0.291 e. The lowest BCUT2D eigenvalue weighted by Gasteiger charge is -2.03. The molecule has 0 fully saturated rings. The zero-order chi connectivity index (χ0) is 12.1. The fraction of sp³-hybridized carbons (Fsp3) is 0.0909. The first-order chi connectivity index (χ1) is 8.25. The summed E-state index contributed by atoms with van der Waals surface area (Å²) in [5.41, 5.74) is 0.795. The summed E-state index contributed by atoms with van der Waals surface area (Å²) in [6.07, 6.45) is 2.77. The van der Waals surface area contributed by atoms with Crippen molar-refractivity contribution in [3.63, 3.8) is 0 Å². The van der Waals surface area contributed by atoms with Gasteiger partial charge in [-0.1, -0.05) is 12.1 Å². The molecule has 2 rings (SSSR count). The summed E-state index contributed by atoms with van der Waals surface area (Å²) in [4.78, 5) is 15.3. The Morgan fingerprint density at radius 3 is 2.65 bits per heavy atom. The lowest BCUT2D eigenvalue weighted by Crippen LogP contribution is -2.25. The lowest BCUT2D eigenvalue weighted by molar-refractivity contribution is 0.0939. The van der Waals surface area contributed by atoms with E-state index in [0.717, 1.165) is 5.56 Å². The minimum absolute atomic E-state index is 0.00890. The number of rotatable bonds is 3. The molecule has 1 aromatic heterocycles. The second-order valence-electron chi connectivity index (χ2n) is 3.28. The Kier molecular flexibility index (Phi) is 3.34. The zero-order valence-corrected chi connectivity index (χ0v) is 8.80. The van der Waals surface area contributed by atoms with Crippen molar-refractivity contribution >= 4 is 5.91 Å². The summed E-state index contributed by atoms with van der Waals surface area (Å²) in [5.74, 6) is -0.715. The molecule has 0 radical (unpaired) electrons. The second kappa shape index (κ2) is 5.11. The highest BCUT2D eigenvalue weighted by Crippen LogP contribution is 2.02. The summed E-state index contributed by atoms with van der Waals surface area (Å²) in [6.45, 7) is 0.289. The molecule has 5 nitrogen and oxygen atoms in total. The number of benzene rings is 1. The third kappa shape index (κ3) is 3.04. The maximum atomic E-state index is 12.6. The van der Waals surface area contributed by atoms with E-state index < -0.39 is 5.91 Å². The van der Waals surface area contributed by atoms with E-state index in [-0.39, 0.29) is 18.2 Å². The first-order valence-electron chi connectivity index (χ1n) is 4.92. The molecule has 0 aliphatic rings. The quantitative estimate of drug-likeness (QED) is 0.855. The standard InChI is InChI=1S/C11H9FN4O/c12-9-3-1-8(2-4-9)7-14-11(17)10-13-5-6-15-16-10/h1-6H,7H2,(H,14,17). The molecule has 0 aliphatic carbocycles. The third-order valence-corrected chi connectivity index (χ3v) is 2.05. The van der Waals surface area contributed by atoms with Gasteiger partial charge in [0.1, 0.15) is 5.82 Å². The van der Waals surface area contributed by atoms with Crippen LogP contribution >= 0.6 is 0 Å². The van der Waals surface area contributed by atoms with Crippen molar-refractivity contribution in [2.45, 2.75) is 6.54 Å². The smallest absolute Gasteiger partial charge is 0.291 e. The van der Waals surface area contributed by atoms with E-state index in [4.69, 9.17) is 0 Å². The van der Waals surface area contributed by atoms with Crippen LogP contribution in [0.25, 0.3) is 0 Å². The monoisotopic (exact) mass is 232 g/mol. The number of carbonyl (C=O) groups excluding carboxylic acids is 1. The van der Waals surface area contributed by atoms with Gasteiger partial charge in [0.05, 0.1) is 6.20 Å². The molecule has 1 amide bonds. The molecule has 17 heavy (non-hydrogen) atoms. The molecule has 0 bridgehead atoms. The van der Waals surface area contributed by atoms with E-state index in [0.29, 0.717) is 0 Å². The predicted octanol–water partition coefficient (Wildman–Crippen LogP) is 0.941. The molecule has 2 aromatic rings. The number of halogens is 1. The molecule has 0 aliphatic heterocycles. The SMILES string of the molecule is O=C(NCc1ccc(F)cc1)c1nccnn1. The predicted molar refractivity (Wildman–Crippen MR) is 57.4 cm³/mol. The summed E-state index contributed by atoms with van der Waals surface area (Å²) >= 11 is 0. The molecule has 0 unspecified atom stereocenters. The molecular formula is C11H9FN4O. The fourth-order valence-electron chi connectivity index (χ4n) is 1.22. The third-order valence-electron chi connectivity index (χ3n) is 2.05. The minimum atomic E-state index is -0.414. The normalized spacial score (nSPS) is 9.94. The van der Waals surface area contributed by atoms with Gasteiger partial charge in [-0.3, -0.25) is 4.79 Å². The molecular weight excluding hydrogens is 223 g/mol. The number of amides is 1. The van der Waals surface area contributed by atoms with Crippen LogP contribution in [0.4, 0.5) is 4.39 Å². The van der Waals surface area contributed by atoms with Gasteiger partial charge in [0, 0.05) is 12.7 Å². The number of aromatic nitrogens is 3. The largest absolute Gasteiger partial charge is 0.345 e. The van der Waals surface area contributed by atoms with Crippen LogP contribution in [0, 0.1) is 5.82 Å². The number of hydrogen-bond donors (Lipinski definition) is 1. The van der Waals surface area contributed by atoms with E-state index >= 15 is 0 Å². The Labute approximate surface area is 96.7 Å². The first-order valence-corrected chi connectivity index (χ1v) is 4.92. The van der Waals surface area contributed by atoms with Gasteiger partial charge in [0.2, 0.25) is 5.82 Å². The molecule has 0 spiro atoms. The second-order valence-corrected chi connectivity index (χ2v) is 3.28. The van der Waals surface area contributed by atoms with Gasteiger partial charge in [-0.05, 0) is 17.7 Å². The Bertz CT molecular complexity index is 501. The highest BCUT2D eigenvalue weighted by Gasteiger charge is 2.07. The van der Waals surface area contributed by atoms with Crippen molar-refractivity contribution in [2.24, 2.45) is 0 Å². The first kappa shape index (κ1) is 11.1. The van der Waals surface area contributed by atoms with E-state index in [1.165, 1.54) is 24.5 Å². The zero-order valence-electron chi connectivity index (χ0n) is 8.80. The van der Waals surface area contributed by atoms with E-state index in [2.05, 4.69) is 20.5 Å². The van der Waals surface area contributed by atoms with Crippen LogP contribution in [0.2, 0.25) is 0 Å². The van der Waals surface area contributed by atoms with E-state index in [9.17, 15) is 9.18 Å². The Morgan fingerprint density at radius 2 is 2.00 bits per heavy atom. The van der Waals surface area contributed by atoms with Gasteiger partial charge in [-0.2, -0.15) is 5.10 Å².